The van der Waals surface area contributed by atoms with Crippen LogP contribution in [-0.4, -0.2) is 20.9 Å². The number of nitrogens with zero attached hydrogens (tertiary/aromatic N) is 3. The number of rotatable bonds is 6. The second-order valence-electron chi connectivity index (χ2n) is 5.97. The molecule has 0 saturated carbocycles. The Labute approximate surface area is 129 Å². The summed E-state index contributed by atoms with van der Waals surface area (Å²) in [5, 5.41) is 3.57. The minimum atomic E-state index is 0.697. The number of fused-ring (bicyclic) bond motifs is 1. The van der Waals surface area contributed by atoms with E-state index in [1.54, 1.807) is 6.20 Å². The van der Waals surface area contributed by atoms with Crippen molar-refractivity contribution in [3.63, 3.8) is 0 Å². The maximum atomic E-state index is 4.37. The van der Waals surface area contributed by atoms with Gasteiger partial charge in [-0.3, -0.25) is 4.40 Å². The highest BCUT2D eigenvalue weighted by atomic mass is 79.9. The average Bonchev–Trinajstić information content (AvgIpc) is 2.76. The highest BCUT2D eigenvalue weighted by molar-refractivity contribution is 9.10. The fourth-order valence-corrected chi connectivity index (χ4v) is 2.96. The van der Waals surface area contributed by atoms with Crippen LogP contribution in [0, 0.1) is 17.8 Å². The third kappa shape index (κ3) is 3.58. The molecule has 2 aromatic rings. The van der Waals surface area contributed by atoms with Crippen LogP contribution in [0.25, 0.3) is 5.65 Å². The van der Waals surface area contributed by atoms with E-state index in [1.807, 2.05) is 12.4 Å². The first-order valence-electron chi connectivity index (χ1n) is 7.17. The van der Waals surface area contributed by atoms with Gasteiger partial charge in [0.2, 0.25) is 0 Å². The minimum Gasteiger partial charge on any atom is -0.311 e. The molecule has 0 aromatic carbocycles. The Kier molecular flexibility index (Phi) is 5.16. The van der Waals surface area contributed by atoms with E-state index in [9.17, 15) is 0 Å². The molecule has 20 heavy (non-hydrogen) atoms. The lowest BCUT2D eigenvalue weighted by Gasteiger charge is -2.25. The van der Waals surface area contributed by atoms with Gasteiger partial charge < -0.3 is 5.32 Å². The van der Waals surface area contributed by atoms with Gasteiger partial charge in [-0.15, -0.1) is 0 Å². The van der Waals surface area contributed by atoms with Gasteiger partial charge >= 0.3 is 0 Å². The Bertz CT molecular complexity index is 554. The Hall–Kier alpha value is -0.940. The smallest absolute Gasteiger partial charge is 0.155 e. The van der Waals surface area contributed by atoms with Gasteiger partial charge in [0.1, 0.15) is 4.60 Å². The standard InChI is InChI=1S/C15H23BrN4/c1-10(2)13(11(3)4)7-17-5-12-6-19-15-8-18-14(16)9-20(12)15/h6,8-11,13,17H,5,7H2,1-4H3. The molecule has 0 aliphatic rings. The van der Waals surface area contributed by atoms with Crippen LogP contribution in [-0.2, 0) is 6.54 Å². The topological polar surface area (TPSA) is 42.2 Å². The van der Waals surface area contributed by atoms with E-state index >= 15 is 0 Å². The first kappa shape index (κ1) is 15.4. The van der Waals surface area contributed by atoms with Crippen molar-refractivity contribution < 1.29 is 0 Å². The third-order valence-corrected chi connectivity index (χ3v) is 4.25. The lowest BCUT2D eigenvalue weighted by Crippen LogP contribution is -2.29. The molecule has 0 aliphatic carbocycles. The molecule has 4 nitrogen and oxygen atoms in total. The molecule has 0 spiro atoms. The van der Waals surface area contributed by atoms with Crippen LogP contribution >= 0.6 is 15.9 Å². The Balaban J connectivity index is 2.01. The summed E-state index contributed by atoms with van der Waals surface area (Å²) in [6, 6.07) is 0. The van der Waals surface area contributed by atoms with Crippen molar-refractivity contribution in [3.8, 4) is 0 Å². The molecule has 0 saturated heterocycles. The van der Waals surface area contributed by atoms with E-state index in [0.717, 1.165) is 29.0 Å². The maximum absolute atomic E-state index is 4.37. The predicted molar refractivity (Wildman–Crippen MR) is 85.6 cm³/mol. The van der Waals surface area contributed by atoms with E-state index in [1.165, 1.54) is 0 Å². The van der Waals surface area contributed by atoms with Crippen LogP contribution in [0.2, 0.25) is 0 Å². The third-order valence-electron chi connectivity index (χ3n) is 3.84. The fraction of sp³-hybridized carbons (Fsp3) is 0.600. The molecule has 1 N–H and O–H groups in total. The maximum Gasteiger partial charge on any atom is 0.155 e. The van der Waals surface area contributed by atoms with Gasteiger partial charge in [0, 0.05) is 12.7 Å². The first-order chi connectivity index (χ1) is 9.49. The Morgan fingerprint density at radius 3 is 2.50 bits per heavy atom. The fourth-order valence-electron chi connectivity index (χ4n) is 2.65. The average molecular weight is 339 g/mol. The van der Waals surface area contributed by atoms with Crippen molar-refractivity contribution in [1.82, 2.24) is 19.7 Å². The number of imidazole rings is 1. The quantitative estimate of drug-likeness (QED) is 0.876. The van der Waals surface area contributed by atoms with Gasteiger partial charge in [0.25, 0.3) is 0 Å². The van der Waals surface area contributed by atoms with Crippen molar-refractivity contribution in [2.75, 3.05) is 6.54 Å². The molecule has 0 amide bonds. The number of aromatic nitrogens is 3. The van der Waals surface area contributed by atoms with Gasteiger partial charge in [-0.1, -0.05) is 27.7 Å². The Morgan fingerprint density at radius 2 is 1.85 bits per heavy atom. The second kappa shape index (κ2) is 6.68. The summed E-state index contributed by atoms with van der Waals surface area (Å²) in [4.78, 5) is 8.56. The van der Waals surface area contributed by atoms with Crippen LogP contribution in [0.4, 0.5) is 0 Å². The molecule has 0 unspecified atom stereocenters. The van der Waals surface area contributed by atoms with Gasteiger partial charge in [-0.2, -0.15) is 0 Å². The van der Waals surface area contributed by atoms with Crippen molar-refractivity contribution in [1.29, 1.82) is 0 Å². The molecule has 5 heteroatoms. The summed E-state index contributed by atoms with van der Waals surface area (Å²) in [6.45, 7) is 11.0. The van der Waals surface area contributed by atoms with Crippen molar-refractivity contribution in [3.05, 3.63) is 28.9 Å². The molecule has 0 aliphatic heterocycles. The second-order valence-corrected chi connectivity index (χ2v) is 6.78. The molecule has 0 radical (unpaired) electrons. The normalized spacial score (nSPS) is 12.2. The van der Waals surface area contributed by atoms with Crippen molar-refractivity contribution >= 4 is 21.6 Å². The van der Waals surface area contributed by atoms with Crippen LogP contribution < -0.4 is 5.32 Å². The van der Waals surface area contributed by atoms with Crippen LogP contribution in [0.3, 0.4) is 0 Å². The molecular weight excluding hydrogens is 316 g/mol. The van der Waals surface area contributed by atoms with E-state index < -0.39 is 0 Å². The number of nitrogens with one attached hydrogen (secondary N) is 1. The number of hydrogen-bond acceptors (Lipinski definition) is 3. The molecule has 0 fully saturated rings. The summed E-state index contributed by atoms with van der Waals surface area (Å²) in [6.07, 6.45) is 5.65. The summed E-state index contributed by atoms with van der Waals surface area (Å²) >= 11 is 3.40. The van der Waals surface area contributed by atoms with Crippen LogP contribution in [0.1, 0.15) is 33.4 Å². The van der Waals surface area contributed by atoms with Crippen LogP contribution in [0.15, 0.2) is 23.2 Å². The summed E-state index contributed by atoms with van der Waals surface area (Å²) in [7, 11) is 0. The Morgan fingerprint density at radius 1 is 1.15 bits per heavy atom. The molecule has 0 atom stereocenters. The molecule has 0 bridgehead atoms. The minimum absolute atomic E-state index is 0.697. The number of hydrogen-bond donors (Lipinski definition) is 1. The zero-order valence-corrected chi connectivity index (χ0v) is 14.2. The predicted octanol–water partition coefficient (Wildman–Crippen LogP) is 3.51. The van der Waals surface area contributed by atoms with E-state index in [0.29, 0.717) is 17.8 Å². The summed E-state index contributed by atoms with van der Waals surface area (Å²) in [5.41, 5.74) is 2.05. The molecular formula is C15H23BrN4. The molecule has 110 valence electrons. The number of halogens is 1. The first-order valence-corrected chi connectivity index (χ1v) is 7.96. The monoisotopic (exact) mass is 338 g/mol. The summed E-state index contributed by atoms with van der Waals surface area (Å²) in [5.74, 6) is 2.09. The van der Waals surface area contributed by atoms with Crippen molar-refractivity contribution in [2.24, 2.45) is 17.8 Å². The zero-order chi connectivity index (χ0) is 14.7. The van der Waals surface area contributed by atoms with Gasteiger partial charge in [-0.25, -0.2) is 9.97 Å². The SMILES string of the molecule is CC(C)C(CNCc1cnc2cnc(Br)cn12)C(C)C. The molecule has 2 aromatic heterocycles. The van der Waals surface area contributed by atoms with Crippen LogP contribution in [0.5, 0.6) is 0 Å². The lowest BCUT2D eigenvalue weighted by atomic mass is 9.85. The zero-order valence-electron chi connectivity index (χ0n) is 12.6. The lowest BCUT2D eigenvalue weighted by molar-refractivity contribution is 0.275. The molecule has 2 rings (SSSR count). The van der Waals surface area contributed by atoms with Crippen molar-refractivity contribution in [2.45, 2.75) is 34.2 Å². The highest BCUT2D eigenvalue weighted by Crippen LogP contribution is 2.19. The van der Waals surface area contributed by atoms with E-state index in [-0.39, 0.29) is 0 Å². The van der Waals surface area contributed by atoms with E-state index in [2.05, 4.69) is 63.3 Å². The highest BCUT2D eigenvalue weighted by Gasteiger charge is 2.17. The molecule has 2 heterocycles. The van der Waals surface area contributed by atoms with Gasteiger partial charge in [-0.05, 0) is 40.2 Å². The summed E-state index contributed by atoms with van der Waals surface area (Å²) < 4.78 is 2.90. The van der Waals surface area contributed by atoms with E-state index in [4.69, 9.17) is 0 Å². The largest absolute Gasteiger partial charge is 0.311 e. The van der Waals surface area contributed by atoms with Gasteiger partial charge in [0.05, 0.1) is 18.1 Å². The van der Waals surface area contributed by atoms with Gasteiger partial charge in [0.15, 0.2) is 5.65 Å².